The normalized spacial score (nSPS) is 62.5. The number of aliphatic hydroxyl groups is 1. The first-order valence-electron chi connectivity index (χ1n) is 13.2. The molecule has 6 aliphatic rings. The summed E-state index contributed by atoms with van der Waals surface area (Å²) in [5, 5.41) is 10.4. The summed E-state index contributed by atoms with van der Waals surface area (Å²) in [5.74, 6) is 4.36. The van der Waals surface area contributed by atoms with Crippen molar-refractivity contribution in [3.05, 3.63) is 0 Å². The number of fused-ring (bicyclic) bond motifs is 7. The molecule has 170 valence electrons. The van der Waals surface area contributed by atoms with Gasteiger partial charge < -0.3 is 14.6 Å². The molecule has 6 rings (SSSR count). The Labute approximate surface area is 183 Å². The maximum atomic E-state index is 10.4. The van der Waals surface area contributed by atoms with E-state index in [9.17, 15) is 5.11 Å². The summed E-state index contributed by atoms with van der Waals surface area (Å²) in [6, 6.07) is 0. The van der Waals surface area contributed by atoms with Gasteiger partial charge in [0, 0.05) is 12.3 Å². The Balaban J connectivity index is 1.26. The van der Waals surface area contributed by atoms with Crippen LogP contribution >= 0.6 is 0 Å². The molecule has 4 saturated carbocycles. The molecule has 3 heteroatoms. The van der Waals surface area contributed by atoms with Crippen LogP contribution in [0.5, 0.6) is 0 Å². The summed E-state index contributed by atoms with van der Waals surface area (Å²) in [6.07, 6.45) is 15.0. The van der Waals surface area contributed by atoms with Gasteiger partial charge in [0.2, 0.25) is 0 Å². The Morgan fingerprint density at radius 1 is 0.833 bits per heavy atom. The van der Waals surface area contributed by atoms with E-state index in [4.69, 9.17) is 9.47 Å². The number of rotatable bonds is 0. The molecule has 0 amide bonds. The van der Waals surface area contributed by atoms with Crippen LogP contribution in [0.3, 0.4) is 0 Å². The fourth-order valence-corrected chi connectivity index (χ4v) is 10.3. The molecule has 11 atom stereocenters. The van der Waals surface area contributed by atoms with Crippen LogP contribution in [0, 0.1) is 46.3 Å². The van der Waals surface area contributed by atoms with Crippen molar-refractivity contribution in [2.24, 2.45) is 46.3 Å². The minimum absolute atomic E-state index is 0.369. The largest absolute Gasteiger partial charge is 0.388 e. The Morgan fingerprint density at radius 3 is 2.43 bits per heavy atom. The third-order valence-electron chi connectivity index (χ3n) is 11.9. The molecule has 0 radical (unpaired) electrons. The van der Waals surface area contributed by atoms with E-state index < -0.39 is 11.4 Å². The van der Waals surface area contributed by atoms with E-state index in [1.54, 1.807) is 0 Å². The van der Waals surface area contributed by atoms with Crippen molar-refractivity contribution < 1.29 is 14.6 Å². The molecule has 0 bridgehead atoms. The minimum atomic E-state index is -0.690. The summed E-state index contributed by atoms with van der Waals surface area (Å²) in [5.41, 5.74) is 0.340. The summed E-state index contributed by atoms with van der Waals surface area (Å²) in [4.78, 5) is 0. The van der Waals surface area contributed by atoms with E-state index in [2.05, 4.69) is 20.8 Å². The van der Waals surface area contributed by atoms with Gasteiger partial charge in [-0.3, -0.25) is 0 Å². The second-order valence-corrected chi connectivity index (χ2v) is 13.3. The van der Waals surface area contributed by atoms with Crippen molar-refractivity contribution >= 4 is 0 Å². The van der Waals surface area contributed by atoms with Gasteiger partial charge in [-0.05, 0) is 98.7 Å². The molecule has 4 aliphatic carbocycles. The van der Waals surface area contributed by atoms with Gasteiger partial charge in [-0.2, -0.15) is 0 Å². The van der Waals surface area contributed by atoms with Gasteiger partial charge in [-0.25, -0.2) is 0 Å². The maximum absolute atomic E-state index is 10.4. The monoisotopic (exact) mass is 416 g/mol. The highest BCUT2D eigenvalue weighted by atomic mass is 16.7. The van der Waals surface area contributed by atoms with E-state index in [0.717, 1.165) is 36.5 Å². The van der Waals surface area contributed by atoms with Gasteiger partial charge in [0.15, 0.2) is 5.79 Å². The third-order valence-corrected chi connectivity index (χ3v) is 11.9. The van der Waals surface area contributed by atoms with Gasteiger partial charge in [0.05, 0.1) is 18.3 Å². The molecule has 30 heavy (non-hydrogen) atoms. The van der Waals surface area contributed by atoms with Crippen molar-refractivity contribution in [1.29, 1.82) is 0 Å². The standard InChI is InChI=1S/C27H44O3/c1-17-23-22(30-27(17)14-13-24(2,28)16-29-27)15-21-19-9-8-18-7-5-6-11-25(18,3)20(19)10-12-26(21,23)4/h17-23,28H,5-16H2,1-4H3/t17-,18+,19+,20-,21-,22-,23-,24-,25-,26-,27+/m0/s1. The zero-order chi connectivity index (χ0) is 20.9. The van der Waals surface area contributed by atoms with Crippen LogP contribution in [0.15, 0.2) is 0 Å². The van der Waals surface area contributed by atoms with E-state index in [-0.39, 0.29) is 0 Å². The molecule has 3 nitrogen and oxygen atoms in total. The lowest BCUT2D eigenvalue weighted by Gasteiger charge is -2.61. The van der Waals surface area contributed by atoms with Crippen molar-refractivity contribution in [3.8, 4) is 0 Å². The Kier molecular flexibility index (Phi) is 4.42. The first kappa shape index (κ1) is 20.5. The van der Waals surface area contributed by atoms with E-state index in [1.807, 2.05) is 6.92 Å². The molecule has 1 N–H and O–H groups in total. The molecule has 2 saturated heterocycles. The quantitative estimate of drug-likeness (QED) is 0.531. The number of ether oxygens (including phenoxy) is 2. The van der Waals surface area contributed by atoms with Gasteiger partial charge >= 0.3 is 0 Å². The average molecular weight is 417 g/mol. The zero-order valence-corrected chi connectivity index (χ0v) is 19.8. The minimum Gasteiger partial charge on any atom is -0.388 e. The molecule has 2 aliphatic heterocycles. The van der Waals surface area contributed by atoms with E-state index in [1.165, 1.54) is 57.8 Å². The Hall–Kier alpha value is -0.120. The van der Waals surface area contributed by atoms with Gasteiger partial charge in [0.1, 0.15) is 0 Å². The highest BCUT2D eigenvalue weighted by Gasteiger charge is 2.69. The van der Waals surface area contributed by atoms with Crippen LogP contribution in [0.2, 0.25) is 0 Å². The molecule has 6 fully saturated rings. The fourth-order valence-electron chi connectivity index (χ4n) is 10.3. The number of hydrogen-bond donors (Lipinski definition) is 1. The summed E-state index contributed by atoms with van der Waals surface area (Å²) < 4.78 is 13.2. The van der Waals surface area contributed by atoms with Gasteiger partial charge in [0.25, 0.3) is 0 Å². The Bertz CT molecular complexity index is 692. The van der Waals surface area contributed by atoms with Crippen LogP contribution in [-0.4, -0.2) is 29.2 Å². The van der Waals surface area contributed by atoms with Crippen molar-refractivity contribution in [2.45, 2.75) is 116 Å². The fraction of sp³-hybridized carbons (Fsp3) is 1.00. The second-order valence-electron chi connectivity index (χ2n) is 13.3. The lowest BCUT2D eigenvalue weighted by molar-refractivity contribution is -0.294. The van der Waals surface area contributed by atoms with Crippen molar-refractivity contribution in [2.75, 3.05) is 6.61 Å². The van der Waals surface area contributed by atoms with Crippen molar-refractivity contribution in [1.82, 2.24) is 0 Å². The predicted octanol–water partition coefficient (Wildman–Crippen LogP) is 5.94. The molecule has 2 heterocycles. The molecule has 0 unspecified atom stereocenters. The van der Waals surface area contributed by atoms with Crippen molar-refractivity contribution in [3.63, 3.8) is 0 Å². The lowest BCUT2D eigenvalue weighted by atomic mass is 9.44. The summed E-state index contributed by atoms with van der Waals surface area (Å²) >= 11 is 0. The van der Waals surface area contributed by atoms with E-state index >= 15 is 0 Å². The molecule has 1 spiro atoms. The van der Waals surface area contributed by atoms with Crippen LogP contribution in [0.4, 0.5) is 0 Å². The Morgan fingerprint density at radius 2 is 1.67 bits per heavy atom. The highest BCUT2D eigenvalue weighted by Crippen LogP contribution is 2.71. The van der Waals surface area contributed by atoms with Gasteiger partial charge in [-0.15, -0.1) is 0 Å². The topological polar surface area (TPSA) is 38.7 Å². The number of hydrogen-bond acceptors (Lipinski definition) is 3. The summed E-state index contributed by atoms with van der Waals surface area (Å²) in [7, 11) is 0. The second kappa shape index (κ2) is 6.48. The lowest BCUT2D eigenvalue weighted by Crippen LogP contribution is -2.55. The smallest absolute Gasteiger partial charge is 0.171 e. The molecule has 0 aromatic heterocycles. The first-order chi connectivity index (χ1) is 14.2. The molecular formula is C27H44O3. The summed E-state index contributed by atoms with van der Waals surface area (Å²) in [6.45, 7) is 10.0. The first-order valence-corrected chi connectivity index (χ1v) is 13.2. The molecular weight excluding hydrogens is 372 g/mol. The SMILES string of the molecule is C[C@H]1[C@H]2[C@H](C[C@H]3[C@@H]4CC[C@H]5CCCC[C@]5(C)[C@H]4CC[C@]23C)O[C@]12CC[C@](C)(O)CO2. The molecule has 0 aromatic carbocycles. The third kappa shape index (κ3) is 2.61. The van der Waals surface area contributed by atoms with Gasteiger partial charge in [-0.1, -0.05) is 33.6 Å². The van der Waals surface area contributed by atoms with Crippen LogP contribution in [0.25, 0.3) is 0 Å². The highest BCUT2D eigenvalue weighted by molar-refractivity contribution is 5.15. The molecule has 0 aromatic rings. The average Bonchev–Trinajstić information content (AvgIpc) is 3.15. The predicted molar refractivity (Wildman–Crippen MR) is 118 cm³/mol. The maximum Gasteiger partial charge on any atom is 0.171 e. The van der Waals surface area contributed by atoms with E-state index in [0.29, 0.717) is 35.4 Å². The zero-order valence-electron chi connectivity index (χ0n) is 19.8. The van der Waals surface area contributed by atoms with Crippen LogP contribution < -0.4 is 0 Å². The van der Waals surface area contributed by atoms with Crippen LogP contribution in [-0.2, 0) is 9.47 Å². The van der Waals surface area contributed by atoms with Crippen LogP contribution in [0.1, 0.15) is 98.3 Å².